The van der Waals surface area contributed by atoms with Gasteiger partial charge in [-0.15, -0.1) is 10.1 Å². The molecule has 1 aromatic carbocycles. The summed E-state index contributed by atoms with van der Waals surface area (Å²) in [6.45, 7) is 4.40. The lowest BCUT2D eigenvalue weighted by Crippen LogP contribution is -2.27. The summed E-state index contributed by atoms with van der Waals surface area (Å²) in [6, 6.07) is 7.33. The van der Waals surface area contributed by atoms with Crippen LogP contribution < -0.4 is 0 Å². The van der Waals surface area contributed by atoms with Crippen LogP contribution in [0.15, 0.2) is 34.6 Å². The number of aryl methyl sites for hydroxylation is 1. The van der Waals surface area contributed by atoms with Crippen molar-refractivity contribution < 1.29 is 9.59 Å². The Labute approximate surface area is 93.8 Å². The lowest BCUT2D eigenvalue weighted by molar-refractivity contribution is -0.142. The molecule has 0 fully saturated rings. The van der Waals surface area contributed by atoms with Crippen LogP contribution in [-0.4, -0.2) is 16.8 Å². The van der Waals surface area contributed by atoms with E-state index in [0.29, 0.717) is 5.69 Å². The average Bonchev–Trinajstić information content (AvgIpc) is 2.20. The van der Waals surface area contributed by atoms with Crippen LogP contribution in [0.5, 0.6) is 0 Å². The molecule has 0 saturated heterocycles. The van der Waals surface area contributed by atoms with Gasteiger partial charge in [-0.05, 0) is 18.6 Å². The zero-order valence-corrected chi connectivity index (χ0v) is 9.47. The Hall–Kier alpha value is -2.04. The third-order valence-corrected chi connectivity index (χ3v) is 1.95. The molecule has 1 aromatic rings. The van der Waals surface area contributed by atoms with Crippen molar-refractivity contribution in [2.45, 2.75) is 20.8 Å². The highest BCUT2D eigenvalue weighted by molar-refractivity contribution is 5.92. The SMILES string of the molecule is CC(=O)N(N=Nc1ccccc1C)C(C)=O. The monoisotopic (exact) mass is 219 g/mol. The highest BCUT2D eigenvalue weighted by Crippen LogP contribution is 2.17. The topological polar surface area (TPSA) is 62.1 Å². The van der Waals surface area contributed by atoms with Crippen LogP contribution in [0, 0.1) is 6.92 Å². The van der Waals surface area contributed by atoms with E-state index in [2.05, 4.69) is 10.3 Å². The smallest absolute Gasteiger partial charge is 0.248 e. The molecule has 84 valence electrons. The van der Waals surface area contributed by atoms with Gasteiger partial charge in [0, 0.05) is 13.8 Å². The standard InChI is InChI=1S/C11H13N3O2/c1-8-6-4-5-7-11(8)12-13-14(9(2)15)10(3)16/h4-7H,1-3H3. The first kappa shape index (κ1) is 12.0. The Morgan fingerprint density at radius 1 is 1.12 bits per heavy atom. The number of carbonyl (C=O) groups excluding carboxylic acids is 2. The highest BCUT2D eigenvalue weighted by Gasteiger charge is 2.12. The van der Waals surface area contributed by atoms with Crippen molar-refractivity contribution in [1.29, 1.82) is 0 Å². The Morgan fingerprint density at radius 2 is 1.69 bits per heavy atom. The summed E-state index contributed by atoms with van der Waals surface area (Å²) in [5.74, 6) is -0.908. The lowest BCUT2D eigenvalue weighted by Gasteiger charge is -2.07. The molecule has 0 unspecified atom stereocenters. The second-order valence-electron chi connectivity index (χ2n) is 3.33. The number of amides is 2. The molecular formula is C11H13N3O2. The summed E-state index contributed by atoms with van der Waals surface area (Å²) in [5.41, 5.74) is 1.56. The maximum Gasteiger partial charge on any atom is 0.248 e. The maximum atomic E-state index is 11.0. The zero-order chi connectivity index (χ0) is 12.1. The van der Waals surface area contributed by atoms with E-state index < -0.39 is 11.8 Å². The molecule has 2 amide bonds. The van der Waals surface area contributed by atoms with E-state index in [9.17, 15) is 9.59 Å². The van der Waals surface area contributed by atoms with Crippen molar-refractivity contribution in [2.24, 2.45) is 10.3 Å². The Bertz CT molecular complexity index is 427. The lowest BCUT2D eigenvalue weighted by atomic mass is 10.2. The van der Waals surface area contributed by atoms with Gasteiger partial charge in [0.2, 0.25) is 11.8 Å². The van der Waals surface area contributed by atoms with Crippen LogP contribution >= 0.6 is 0 Å². The Balaban J connectivity index is 2.91. The summed E-state index contributed by atoms with van der Waals surface area (Å²) in [5, 5.41) is 8.20. The second kappa shape index (κ2) is 5.16. The molecule has 0 N–H and O–H groups in total. The van der Waals surface area contributed by atoms with Crippen LogP contribution in [0.2, 0.25) is 0 Å². The number of rotatable bonds is 2. The van der Waals surface area contributed by atoms with Crippen LogP contribution in [0.4, 0.5) is 5.69 Å². The second-order valence-corrected chi connectivity index (χ2v) is 3.33. The summed E-state index contributed by atoms with van der Waals surface area (Å²) >= 11 is 0. The van der Waals surface area contributed by atoms with Gasteiger partial charge >= 0.3 is 0 Å². The minimum atomic E-state index is -0.454. The fourth-order valence-corrected chi connectivity index (χ4v) is 1.12. The van der Waals surface area contributed by atoms with Gasteiger partial charge in [-0.2, -0.15) is 0 Å². The van der Waals surface area contributed by atoms with Crippen molar-refractivity contribution in [3.8, 4) is 0 Å². The van der Waals surface area contributed by atoms with Gasteiger partial charge in [-0.1, -0.05) is 23.4 Å². The average molecular weight is 219 g/mol. The van der Waals surface area contributed by atoms with Crippen molar-refractivity contribution >= 4 is 17.5 Å². The molecule has 1 rings (SSSR count). The third-order valence-electron chi connectivity index (χ3n) is 1.95. The quantitative estimate of drug-likeness (QED) is 0.566. The first-order valence-corrected chi connectivity index (χ1v) is 4.81. The van der Waals surface area contributed by atoms with Gasteiger partial charge in [0.15, 0.2) is 0 Å². The van der Waals surface area contributed by atoms with E-state index in [-0.39, 0.29) is 0 Å². The molecule has 0 aliphatic carbocycles. The first-order valence-electron chi connectivity index (χ1n) is 4.81. The largest absolute Gasteiger partial charge is 0.273 e. The number of benzene rings is 1. The van der Waals surface area contributed by atoms with Gasteiger partial charge < -0.3 is 0 Å². The van der Waals surface area contributed by atoms with E-state index >= 15 is 0 Å². The van der Waals surface area contributed by atoms with E-state index in [1.54, 1.807) is 6.07 Å². The third kappa shape index (κ3) is 2.98. The molecule has 0 heterocycles. The van der Waals surface area contributed by atoms with Gasteiger partial charge in [-0.25, -0.2) is 0 Å². The number of hydrogen-bond donors (Lipinski definition) is 0. The van der Waals surface area contributed by atoms with Gasteiger partial charge in [0.05, 0.1) is 5.69 Å². The van der Waals surface area contributed by atoms with E-state index in [0.717, 1.165) is 10.6 Å². The number of nitrogens with zero attached hydrogens (tertiary/aromatic N) is 3. The Morgan fingerprint density at radius 3 is 2.19 bits per heavy atom. The van der Waals surface area contributed by atoms with Crippen molar-refractivity contribution in [3.63, 3.8) is 0 Å². The Kier molecular flexibility index (Phi) is 3.88. The normalized spacial score (nSPS) is 10.4. The van der Waals surface area contributed by atoms with Crippen LogP contribution in [0.25, 0.3) is 0 Å². The summed E-state index contributed by atoms with van der Waals surface area (Å²) in [4.78, 5) is 22.1. The zero-order valence-electron chi connectivity index (χ0n) is 9.47. The fourth-order valence-electron chi connectivity index (χ4n) is 1.12. The summed E-state index contributed by atoms with van der Waals surface area (Å²) in [6.07, 6.45) is 0. The summed E-state index contributed by atoms with van der Waals surface area (Å²) < 4.78 is 0. The summed E-state index contributed by atoms with van der Waals surface area (Å²) in [7, 11) is 0. The molecule has 16 heavy (non-hydrogen) atoms. The van der Waals surface area contributed by atoms with Crippen LogP contribution in [0.1, 0.15) is 19.4 Å². The predicted octanol–water partition coefficient (Wildman–Crippen LogP) is 2.39. The number of carbonyl (C=O) groups is 2. The van der Waals surface area contributed by atoms with Crippen LogP contribution in [-0.2, 0) is 9.59 Å². The molecule has 0 aliphatic heterocycles. The molecule has 0 saturated carbocycles. The number of hydrogen-bond acceptors (Lipinski definition) is 4. The molecule has 0 atom stereocenters. The fraction of sp³-hybridized carbons (Fsp3) is 0.273. The van der Waals surface area contributed by atoms with E-state index in [1.165, 1.54) is 13.8 Å². The van der Waals surface area contributed by atoms with Crippen molar-refractivity contribution in [2.75, 3.05) is 0 Å². The minimum absolute atomic E-state index is 0.454. The van der Waals surface area contributed by atoms with Crippen molar-refractivity contribution in [3.05, 3.63) is 29.8 Å². The molecule has 0 spiro atoms. The van der Waals surface area contributed by atoms with E-state index in [1.807, 2.05) is 25.1 Å². The van der Waals surface area contributed by atoms with Crippen molar-refractivity contribution in [1.82, 2.24) is 5.01 Å². The van der Waals surface area contributed by atoms with E-state index in [4.69, 9.17) is 0 Å². The molecular weight excluding hydrogens is 206 g/mol. The first-order chi connectivity index (χ1) is 7.52. The molecule has 5 heteroatoms. The maximum absolute atomic E-state index is 11.0. The van der Waals surface area contributed by atoms with Crippen LogP contribution in [0.3, 0.4) is 0 Å². The van der Waals surface area contributed by atoms with Gasteiger partial charge in [-0.3, -0.25) is 9.59 Å². The minimum Gasteiger partial charge on any atom is -0.273 e. The molecule has 5 nitrogen and oxygen atoms in total. The van der Waals surface area contributed by atoms with Gasteiger partial charge in [0.1, 0.15) is 0 Å². The highest BCUT2D eigenvalue weighted by atomic mass is 16.2. The molecule has 0 bridgehead atoms. The molecule has 0 aliphatic rings. The number of imide groups is 1. The molecule has 0 aromatic heterocycles. The van der Waals surface area contributed by atoms with Gasteiger partial charge in [0.25, 0.3) is 0 Å². The molecule has 0 radical (unpaired) electrons. The predicted molar refractivity (Wildman–Crippen MR) is 58.9 cm³/mol.